The second-order valence-corrected chi connectivity index (χ2v) is 5.82. The number of hydrogen-bond donors (Lipinski definition) is 0. The maximum Gasteiger partial charge on any atom is 0.141 e. The standard InChI is InChI=1S/C14H8BrCl2FN2/c15-8-1-4-13-12(5-8)19-14(7-16)20(13)9-2-3-11(18)10(17)6-9/h1-6H,7H2. The van der Waals surface area contributed by atoms with Crippen molar-refractivity contribution in [3.8, 4) is 5.69 Å². The molecule has 3 rings (SSSR count). The summed E-state index contributed by atoms with van der Waals surface area (Å²) in [7, 11) is 0. The molecule has 0 saturated carbocycles. The molecule has 0 saturated heterocycles. The Labute approximate surface area is 133 Å². The van der Waals surface area contributed by atoms with Crippen LogP contribution in [0.5, 0.6) is 0 Å². The number of nitrogens with zero attached hydrogens (tertiary/aromatic N) is 2. The van der Waals surface area contributed by atoms with Gasteiger partial charge in [0.25, 0.3) is 0 Å². The highest BCUT2D eigenvalue weighted by Crippen LogP contribution is 2.27. The van der Waals surface area contributed by atoms with Crippen LogP contribution in [0.3, 0.4) is 0 Å². The van der Waals surface area contributed by atoms with Crippen LogP contribution in [0.2, 0.25) is 5.02 Å². The van der Waals surface area contributed by atoms with E-state index in [1.807, 2.05) is 22.8 Å². The number of imidazole rings is 1. The number of aromatic nitrogens is 2. The van der Waals surface area contributed by atoms with Gasteiger partial charge in [0.05, 0.1) is 21.9 Å². The van der Waals surface area contributed by atoms with Crippen LogP contribution < -0.4 is 0 Å². The second kappa shape index (κ2) is 5.35. The average Bonchev–Trinajstić information content (AvgIpc) is 2.79. The van der Waals surface area contributed by atoms with Crippen LogP contribution in [0.1, 0.15) is 5.82 Å². The van der Waals surface area contributed by atoms with E-state index < -0.39 is 5.82 Å². The van der Waals surface area contributed by atoms with E-state index in [9.17, 15) is 4.39 Å². The minimum Gasteiger partial charge on any atom is -0.295 e. The maximum absolute atomic E-state index is 13.3. The quantitative estimate of drug-likeness (QED) is 0.556. The van der Waals surface area contributed by atoms with Gasteiger partial charge in [-0.2, -0.15) is 0 Å². The molecular formula is C14H8BrCl2FN2. The van der Waals surface area contributed by atoms with E-state index in [0.717, 1.165) is 21.2 Å². The van der Waals surface area contributed by atoms with Crippen molar-refractivity contribution in [2.24, 2.45) is 0 Å². The lowest BCUT2D eigenvalue weighted by molar-refractivity contribution is 0.628. The van der Waals surface area contributed by atoms with Gasteiger partial charge < -0.3 is 0 Å². The van der Waals surface area contributed by atoms with Crippen LogP contribution in [0.15, 0.2) is 40.9 Å². The highest BCUT2D eigenvalue weighted by Gasteiger charge is 2.13. The zero-order valence-electron chi connectivity index (χ0n) is 10.1. The van der Waals surface area contributed by atoms with Gasteiger partial charge in [-0.1, -0.05) is 27.5 Å². The van der Waals surface area contributed by atoms with Gasteiger partial charge in [-0.15, -0.1) is 11.6 Å². The first-order chi connectivity index (χ1) is 9.60. The molecule has 0 N–H and O–H groups in total. The van der Waals surface area contributed by atoms with Gasteiger partial charge in [-0.25, -0.2) is 9.37 Å². The summed E-state index contributed by atoms with van der Waals surface area (Å²) >= 11 is 15.2. The fraction of sp³-hybridized carbons (Fsp3) is 0.0714. The third-order valence-electron chi connectivity index (χ3n) is 2.97. The molecule has 1 heterocycles. The van der Waals surface area contributed by atoms with Crippen molar-refractivity contribution in [2.75, 3.05) is 0 Å². The smallest absolute Gasteiger partial charge is 0.141 e. The van der Waals surface area contributed by atoms with Crippen LogP contribution in [-0.4, -0.2) is 9.55 Å². The summed E-state index contributed by atoms with van der Waals surface area (Å²) in [6.45, 7) is 0. The van der Waals surface area contributed by atoms with Gasteiger partial charge in [0.1, 0.15) is 11.6 Å². The SMILES string of the molecule is Fc1ccc(-n2c(CCl)nc3cc(Br)ccc32)cc1Cl. The molecule has 0 unspecified atom stereocenters. The Kier molecular flexibility index (Phi) is 3.71. The number of halogens is 4. The highest BCUT2D eigenvalue weighted by molar-refractivity contribution is 9.10. The summed E-state index contributed by atoms with van der Waals surface area (Å²) in [5.74, 6) is 0.485. The van der Waals surface area contributed by atoms with Crippen LogP contribution in [0.4, 0.5) is 4.39 Å². The Bertz CT molecular complexity index is 801. The van der Waals surface area contributed by atoms with E-state index in [0.29, 0.717) is 5.82 Å². The molecule has 0 bridgehead atoms. The molecule has 6 heteroatoms. The molecule has 0 radical (unpaired) electrons. The Hall–Kier alpha value is -1.10. The van der Waals surface area contributed by atoms with Crippen LogP contribution in [-0.2, 0) is 5.88 Å². The third-order valence-corrected chi connectivity index (χ3v) is 3.99. The molecule has 0 aliphatic rings. The van der Waals surface area contributed by atoms with E-state index in [2.05, 4.69) is 20.9 Å². The lowest BCUT2D eigenvalue weighted by atomic mass is 10.2. The molecule has 2 aromatic carbocycles. The van der Waals surface area contributed by atoms with Crippen molar-refractivity contribution in [2.45, 2.75) is 5.88 Å². The van der Waals surface area contributed by atoms with Crippen molar-refractivity contribution < 1.29 is 4.39 Å². The molecule has 102 valence electrons. The van der Waals surface area contributed by atoms with Gasteiger partial charge in [0, 0.05) is 10.2 Å². The average molecular weight is 374 g/mol. The molecule has 0 fully saturated rings. The van der Waals surface area contributed by atoms with E-state index >= 15 is 0 Å². The lowest BCUT2D eigenvalue weighted by Gasteiger charge is -2.08. The van der Waals surface area contributed by atoms with E-state index in [1.54, 1.807) is 12.1 Å². The summed E-state index contributed by atoms with van der Waals surface area (Å²) in [5, 5.41) is 0.0713. The molecule has 0 aliphatic carbocycles. The fourth-order valence-electron chi connectivity index (χ4n) is 2.11. The predicted octanol–water partition coefficient (Wildman–Crippen LogP) is 5.32. The summed E-state index contributed by atoms with van der Waals surface area (Å²) in [6.07, 6.45) is 0. The van der Waals surface area contributed by atoms with E-state index in [1.165, 1.54) is 6.07 Å². The van der Waals surface area contributed by atoms with Gasteiger partial charge in [-0.3, -0.25) is 4.57 Å². The first-order valence-corrected chi connectivity index (χ1v) is 7.49. The number of benzene rings is 2. The molecule has 0 aliphatic heterocycles. The normalized spacial score (nSPS) is 11.2. The number of hydrogen-bond acceptors (Lipinski definition) is 1. The molecule has 2 nitrogen and oxygen atoms in total. The van der Waals surface area contributed by atoms with Crippen LogP contribution in [0.25, 0.3) is 16.7 Å². The van der Waals surface area contributed by atoms with Crippen LogP contribution >= 0.6 is 39.1 Å². The van der Waals surface area contributed by atoms with Gasteiger partial charge in [-0.05, 0) is 36.4 Å². The van der Waals surface area contributed by atoms with Crippen molar-refractivity contribution in [3.63, 3.8) is 0 Å². The monoisotopic (exact) mass is 372 g/mol. The van der Waals surface area contributed by atoms with Gasteiger partial charge in [0.2, 0.25) is 0 Å². The summed E-state index contributed by atoms with van der Waals surface area (Å²) in [4.78, 5) is 4.48. The van der Waals surface area contributed by atoms with Gasteiger partial charge in [0.15, 0.2) is 0 Å². The fourth-order valence-corrected chi connectivity index (χ4v) is 2.81. The molecule has 20 heavy (non-hydrogen) atoms. The number of rotatable bonds is 2. The summed E-state index contributed by atoms with van der Waals surface area (Å²) in [5.41, 5.74) is 2.44. The Balaban J connectivity index is 2.30. The maximum atomic E-state index is 13.3. The van der Waals surface area contributed by atoms with E-state index in [-0.39, 0.29) is 10.9 Å². The molecule has 0 amide bonds. The summed E-state index contributed by atoms with van der Waals surface area (Å²) < 4.78 is 16.1. The number of alkyl halides is 1. The third kappa shape index (κ3) is 2.32. The molecule has 1 aromatic heterocycles. The van der Waals surface area contributed by atoms with Crippen molar-refractivity contribution in [1.82, 2.24) is 9.55 Å². The molecule has 0 spiro atoms. The Morgan fingerprint density at radius 1 is 1.20 bits per heavy atom. The lowest BCUT2D eigenvalue weighted by Crippen LogP contribution is -1.99. The first kappa shape index (κ1) is 13.9. The molecular weight excluding hydrogens is 366 g/mol. The minimum atomic E-state index is -0.449. The molecule has 3 aromatic rings. The van der Waals surface area contributed by atoms with Crippen molar-refractivity contribution in [3.05, 3.63) is 57.5 Å². The Morgan fingerprint density at radius 2 is 2.00 bits per heavy atom. The minimum absolute atomic E-state index is 0.0713. The topological polar surface area (TPSA) is 17.8 Å². The van der Waals surface area contributed by atoms with Gasteiger partial charge >= 0.3 is 0 Å². The zero-order valence-corrected chi connectivity index (χ0v) is 13.2. The Morgan fingerprint density at radius 3 is 2.70 bits per heavy atom. The summed E-state index contributed by atoms with van der Waals surface area (Å²) in [6, 6.07) is 10.3. The largest absolute Gasteiger partial charge is 0.295 e. The highest BCUT2D eigenvalue weighted by atomic mass is 79.9. The molecule has 0 atom stereocenters. The second-order valence-electron chi connectivity index (χ2n) is 4.23. The van der Waals surface area contributed by atoms with Crippen molar-refractivity contribution >= 4 is 50.2 Å². The van der Waals surface area contributed by atoms with Crippen molar-refractivity contribution in [1.29, 1.82) is 0 Å². The van der Waals surface area contributed by atoms with Crippen LogP contribution in [0, 0.1) is 5.82 Å². The van der Waals surface area contributed by atoms with E-state index in [4.69, 9.17) is 23.2 Å². The predicted molar refractivity (Wildman–Crippen MR) is 83.3 cm³/mol. The zero-order chi connectivity index (χ0) is 14.3. The first-order valence-electron chi connectivity index (χ1n) is 5.78. The number of fused-ring (bicyclic) bond motifs is 1.